The lowest BCUT2D eigenvalue weighted by Gasteiger charge is -2.33. The van der Waals surface area contributed by atoms with Crippen molar-refractivity contribution in [2.75, 3.05) is 18.4 Å². The van der Waals surface area contributed by atoms with Gasteiger partial charge in [-0.15, -0.1) is 0 Å². The zero-order chi connectivity index (χ0) is 19.9. The van der Waals surface area contributed by atoms with E-state index in [-0.39, 0.29) is 0 Å². The summed E-state index contributed by atoms with van der Waals surface area (Å²) in [6.07, 6.45) is 6.33. The summed E-state index contributed by atoms with van der Waals surface area (Å²) in [6, 6.07) is 9.98. The van der Waals surface area contributed by atoms with Crippen LogP contribution in [0, 0.1) is 0 Å². The topological polar surface area (TPSA) is 77.5 Å². The molecule has 1 aliphatic rings. The van der Waals surface area contributed by atoms with E-state index in [1.54, 1.807) is 12.3 Å². The van der Waals surface area contributed by atoms with Crippen molar-refractivity contribution in [3.05, 3.63) is 63.8 Å². The molecule has 3 N–H and O–H groups in total. The van der Waals surface area contributed by atoms with Gasteiger partial charge in [0.05, 0.1) is 5.02 Å². The molecule has 0 bridgehead atoms. The fraction of sp³-hybridized carbons (Fsp3) is 0.300. The van der Waals surface area contributed by atoms with Crippen LogP contribution in [0.25, 0.3) is 6.08 Å². The van der Waals surface area contributed by atoms with Gasteiger partial charge >= 0.3 is 0 Å². The van der Waals surface area contributed by atoms with Crippen molar-refractivity contribution in [2.45, 2.75) is 25.4 Å². The van der Waals surface area contributed by atoms with Gasteiger partial charge in [-0.05, 0) is 42.2 Å². The smallest absolute Gasteiger partial charge is 0.267 e. The van der Waals surface area contributed by atoms with E-state index in [0.717, 1.165) is 43.1 Å². The highest BCUT2D eigenvalue weighted by molar-refractivity contribution is 6.33. The Hall–Kier alpha value is -2.12. The second-order valence-electron chi connectivity index (χ2n) is 6.69. The molecule has 2 aromatic rings. The SMILES string of the molecule is O=C(/C=C/c1cnc(NC2CCN(Cc3ccccc3Cl)CC2)c(Cl)c1)NO. The van der Waals surface area contributed by atoms with Gasteiger partial charge in [0.15, 0.2) is 0 Å². The second kappa shape index (κ2) is 9.89. The monoisotopic (exact) mass is 420 g/mol. The number of nitrogens with zero attached hydrogens (tertiary/aromatic N) is 2. The maximum absolute atomic E-state index is 11.0. The molecular weight excluding hydrogens is 399 g/mol. The number of aromatic nitrogens is 1. The fourth-order valence-electron chi connectivity index (χ4n) is 3.16. The van der Waals surface area contributed by atoms with Gasteiger partial charge in [0.25, 0.3) is 5.91 Å². The molecule has 1 fully saturated rings. The fourth-order valence-corrected chi connectivity index (χ4v) is 3.58. The van der Waals surface area contributed by atoms with Gasteiger partial charge in [0.2, 0.25) is 0 Å². The van der Waals surface area contributed by atoms with Gasteiger partial charge in [0, 0.05) is 43.0 Å². The Morgan fingerprint density at radius 1 is 1.25 bits per heavy atom. The lowest BCUT2D eigenvalue weighted by Crippen LogP contribution is -2.38. The number of piperidine rings is 1. The van der Waals surface area contributed by atoms with Crippen molar-refractivity contribution in [3.63, 3.8) is 0 Å². The van der Waals surface area contributed by atoms with Crippen LogP contribution in [-0.4, -0.2) is 40.1 Å². The summed E-state index contributed by atoms with van der Waals surface area (Å²) in [7, 11) is 0. The van der Waals surface area contributed by atoms with Crippen LogP contribution >= 0.6 is 23.2 Å². The summed E-state index contributed by atoms with van der Waals surface area (Å²) in [5.41, 5.74) is 3.36. The van der Waals surface area contributed by atoms with Crippen LogP contribution in [0.5, 0.6) is 0 Å². The number of hydrogen-bond acceptors (Lipinski definition) is 5. The molecule has 0 atom stereocenters. The maximum atomic E-state index is 11.0. The number of pyridine rings is 1. The normalized spacial score (nSPS) is 15.7. The molecule has 0 radical (unpaired) electrons. The van der Waals surface area contributed by atoms with Gasteiger partial charge in [-0.2, -0.15) is 0 Å². The number of nitrogens with one attached hydrogen (secondary N) is 2. The number of halogens is 2. The second-order valence-corrected chi connectivity index (χ2v) is 7.51. The van der Waals surface area contributed by atoms with Crippen LogP contribution in [0.15, 0.2) is 42.6 Å². The van der Waals surface area contributed by atoms with E-state index in [9.17, 15) is 4.79 Å². The van der Waals surface area contributed by atoms with Gasteiger partial charge in [-0.3, -0.25) is 14.9 Å². The van der Waals surface area contributed by atoms with Crippen LogP contribution < -0.4 is 10.8 Å². The summed E-state index contributed by atoms with van der Waals surface area (Å²) < 4.78 is 0. The van der Waals surface area contributed by atoms with E-state index in [4.69, 9.17) is 28.4 Å². The van der Waals surface area contributed by atoms with E-state index in [2.05, 4.69) is 21.3 Å². The molecule has 0 aliphatic carbocycles. The number of rotatable bonds is 6. The number of benzene rings is 1. The average molecular weight is 421 g/mol. The summed E-state index contributed by atoms with van der Waals surface area (Å²) in [4.78, 5) is 17.8. The van der Waals surface area contributed by atoms with E-state index >= 15 is 0 Å². The summed E-state index contributed by atoms with van der Waals surface area (Å²) in [5, 5.41) is 13.2. The Kier molecular flexibility index (Phi) is 7.28. The first-order chi connectivity index (χ1) is 13.5. The van der Waals surface area contributed by atoms with Gasteiger partial charge in [0.1, 0.15) is 5.82 Å². The lowest BCUT2D eigenvalue weighted by atomic mass is 10.0. The zero-order valence-corrected chi connectivity index (χ0v) is 16.7. The number of anilines is 1. The van der Waals surface area contributed by atoms with E-state index < -0.39 is 5.91 Å². The molecule has 28 heavy (non-hydrogen) atoms. The van der Waals surface area contributed by atoms with Crippen LogP contribution in [0.2, 0.25) is 10.0 Å². The predicted molar refractivity (Wildman–Crippen MR) is 112 cm³/mol. The highest BCUT2D eigenvalue weighted by Crippen LogP contribution is 2.25. The summed E-state index contributed by atoms with van der Waals surface area (Å²) in [6.45, 7) is 2.79. The molecule has 148 valence electrons. The van der Waals surface area contributed by atoms with Crippen molar-refractivity contribution in [3.8, 4) is 0 Å². The third-order valence-electron chi connectivity index (χ3n) is 4.68. The predicted octanol–water partition coefficient (Wildman–Crippen LogP) is 3.98. The summed E-state index contributed by atoms with van der Waals surface area (Å²) >= 11 is 12.6. The van der Waals surface area contributed by atoms with Crippen molar-refractivity contribution in [2.24, 2.45) is 0 Å². The first kappa shape index (κ1) is 20.6. The van der Waals surface area contributed by atoms with Gasteiger partial charge in [-0.1, -0.05) is 41.4 Å². The first-order valence-electron chi connectivity index (χ1n) is 9.05. The molecule has 3 rings (SSSR count). The molecule has 0 unspecified atom stereocenters. The van der Waals surface area contributed by atoms with Gasteiger partial charge in [-0.25, -0.2) is 10.5 Å². The third kappa shape index (κ3) is 5.69. The first-order valence-corrected chi connectivity index (χ1v) is 9.80. The van der Waals surface area contributed by atoms with Crippen molar-refractivity contribution in [1.82, 2.24) is 15.4 Å². The largest absolute Gasteiger partial charge is 0.366 e. The number of carbonyl (C=O) groups is 1. The number of carbonyl (C=O) groups excluding carboxylic acids is 1. The summed E-state index contributed by atoms with van der Waals surface area (Å²) in [5.74, 6) is 0.0249. The van der Waals surface area contributed by atoms with Crippen molar-refractivity contribution >= 4 is 41.0 Å². The molecule has 6 nitrogen and oxygen atoms in total. The number of amides is 1. The minimum Gasteiger partial charge on any atom is -0.366 e. The Morgan fingerprint density at radius 3 is 2.68 bits per heavy atom. The molecule has 2 heterocycles. The Labute approximate surface area is 174 Å². The highest BCUT2D eigenvalue weighted by atomic mass is 35.5. The van der Waals surface area contributed by atoms with Crippen LogP contribution in [0.4, 0.5) is 5.82 Å². The van der Waals surface area contributed by atoms with Crippen molar-refractivity contribution < 1.29 is 10.0 Å². The highest BCUT2D eigenvalue weighted by Gasteiger charge is 2.20. The quantitative estimate of drug-likeness (QED) is 0.374. The molecule has 1 aromatic heterocycles. The lowest BCUT2D eigenvalue weighted by molar-refractivity contribution is -0.124. The Balaban J connectivity index is 1.52. The van der Waals surface area contributed by atoms with Crippen LogP contribution in [0.3, 0.4) is 0 Å². The molecule has 1 aliphatic heterocycles. The molecule has 1 saturated heterocycles. The zero-order valence-electron chi connectivity index (χ0n) is 15.2. The minimum atomic E-state index is -0.609. The molecule has 0 spiro atoms. The molecule has 1 amide bonds. The molecule has 8 heteroatoms. The minimum absolute atomic E-state index is 0.300. The van der Waals surface area contributed by atoms with Crippen LogP contribution in [0.1, 0.15) is 24.0 Å². The van der Waals surface area contributed by atoms with Gasteiger partial charge < -0.3 is 5.32 Å². The van der Waals surface area contributed by atoms with E-state index in [1.165, 1.54) is 17.6 Å². The average Bonchev–Trinajstić information content (AvgIpc) is 2.71. The molecular formula is C20H22Cl2N4O2. The Bertz CT molecular complexity index is 852. The maximum Gasteiger partial charge on any atom is 0.267 e. The van der Waals surface area contributed by atoms with Crippen molar-refractivity contribution in [1.29, 1.82) is 0 Å². The standard InChI is InChI=1S/C20H22Cl2N4O2/c21-17-4-2-1-3-15(17)13-26-9-7-16(8-10-26)24-20-18(22)11-14(12-23-20)5-6-19(27)25-28/h1-6,11-12,16,28H,7-10,13H2,(H,23,24)(H,25,27)/b6-5+. The van der Waals surface area contributed by atoms with E-state index in [0.29, 0.717) is 22.4 Å². The number of likely N-dealkylation sites (tertiary alicyclic amines) is 1. The van der Waals surface area contributed by atoms with E-state index in [1.807, 2.05) is 18.2 Å². The van der Waals surface area contributed by atoms with Crippen LogP contribution in [-0.2, 0) is 11.3 Å². The molecule has 0 saturated carbocycles. The molecule has 1 aromatic carbocycles. The third-order valence-corrected chi connectivity index (χ3v) is 5.34. The number of hydrogen-bond donors (Lipinski definition) is 3. The number of hydroxylamine groups is 1. The Morgan fingerprint density at radius 2 is 2.00 bits per heavy atom.